The monoisotopic (exact) mass is 492 g/mol. The van der Waals surface area contributed by atoms with Gasteiger partial charge in [0.1, 0.15) is 0 Å². The molecule has 1 aromatic heterocycles. The minimum atomic E-state index is -3.48. The molecule has 0 spiro atoms. The third kappa shape index (κ3) is 5.49. The molecule has 0 N–H and O–H groups in total. The molecule has 3 aromatic rings. The van der Waals surface area contributed by atoms with Crippen LogP contribution in [0.2, 0.25) is 5.02 Å². The van der Waals surface area contributed by atoms with Gasteiger partial charge in [0.2, 0.25) is 5.91 Å². The summed E-state index contributed by atoms with van der Waals surface area (Å²) in [6.07, 6.45) is 2.21. The molecule has 1 unspecified atom stereocenters. The first-order valence-electron chi connectivity index (χ1n) is 10.6. The summed E-state index contributed by atoms with van der Waals surface area (Å²) in [6.45, 7) is 3.15. The summed E-state index contributed by atoms with van der Waals surface area (Å²) in [6, 6.07) is 12.1. The summed E-state index contributed by atoms with van der Waals surface area (Å²) in [4.78, 5) is 19.7. The van der Waals surface area contributed by atoms with E-state index < -0.39 is 9.84 Å². The van der Waals surface area contributed by atoms with Crippen LogP contribution in [0.3, 0.4) is 0 Å². The SMILES string of the molecule is Cc1ccc2nc(N(CC3CCCO3)C(=O)CCCS(=O)(=O)c3ccc(Cl)cc3)sc2c1. The van der Waals surface area contributed by atoms with Crippen molar-refractivity contribution in [1.82, 2.24) is 4.98 Å². The third-order valence-corrected chi connectivity index (χ3v) is 8.56. The fraction of sp³-hybridized carbons (Fsp3) is 0.391. The van der Waals surface area contributed by atoms with Crippen molar-refractivity contribution in [2.45, 2.75) is 43.6 Å². The fourth-order valence-electron chi connectivity index (χ4n) is 3.72. The summed E-state index contributed by atoms with van der Waals surface area (Å²) in [5.74, 6) is -0.240. The molecule has 1 aliphatic heterocycles. The van der Waals surface area contributed by atoms with Crippen LogP contribution < -0.4 is 4.90 Å². The molecule has 170 valence electrons. The summed E-state index contributed by atoms with van der Waals surface area (Å²) >= 11 is 7.32. The van der Waals surface area contributed by atoms with E-state index in [1.807, 2.05) is 19.1 Å². The topological polar surface area (TPSA) is 76.6 Å². The van der Waals surface area contributed by atoms with Gasteiger partial charge in [-0.15, -0.1) is 0 Å². The number of carbonyl (C=O) groups is 1. The molecule has 0 aliphatic carbocycles. The number of aryl methyl sites for hydroxylation is 1. The molecule has 1 saturated heterocycles. The summed E-state index contributed by atoms with van der Waals surface area (Å²) < 4.78 is 32.0. The highest BCUT2D eigenvalue weighted by Gasteiger charge is 2.26. The van der Waals surface area contributed by atoms with Crippen molar-refractivity contribution in [3.63, 3.8) is 0 Å². The van der Waals surface area contributed by atoms with Gasteiger partial charge < -0.3 is 4.74 Å². The molecule has 0 saturated carbocycles. The smallest absolute Gasteiger partial charge is 0.228 e. The number of hydrogen-bond donors (Lipinski definition) is 0. The number of rotatable bonds is 8. The lowest BCUT2D eigenvalue weighted by Gasteiger charge is -2.23. The second-order valence-corrected chi connectivity index (χ2v) is 11.5. The van der Waals surface area contributed by atoms with Crippen molar-refractivity contribution in [2.24, 2.45) is 0 Å². The van der Waals surface area contributed by atoms with Crippen LogP contribution in [-0.4, -0.2) is 44.3 Å². The summed E-state index contributed by atoms with van der Waals surface area (Å²) in [5, 5.41) is 1.11. The maximum atomic E-state index is 13.2. The van der Waals surface area contributed by atoms with Crippen molar-refractivity contribution in [1.29, 1.82) is 0 Å². The van der Waals surface area contributed by atoms with Gasteiger partial charge in [0.15, 0.2) is 15.0 Å². The first-order chi connectivity index (χ1) is 15.3. The van der Waals surface area contributed by atoms with Crippen molar-refractivity contribution in [3.05, 3.63) is 53.1 Å². The van der Waals surface area contributed by atoms with E-state index in [-0.39, 0.29) is 35.5 Å². The van der Waals surface area contributed by atoms with Gasteiger partial charge in [-0.05, 0) is 68.1 Å². The van der Waals surface area contributed by atoms with E-state index in [4.69, 9.17) is 16.3 Å². The second kappa shape index (κ2) is 9.87. The first kappa shape index (κ1) is 23.2. The lowest BCUT2D eigenvalue weighted by molar-refractivity contribution is -0.119. The Morgan fingerprint density at radius 3 is 2.75 bits per heavy atom. The van der Waals surface area contributed by atoms with Crippen LogP contribution in [0, 0.1) is 6.92 Å². The van der Waals surface area contributed by atoms with Crippen molar-refractivity contribution in [2.75, 3.05) is 23.8 Å². The number of carbonyl (C=O) groups excluding carboxylic acids is 1. The van der Waals surface area contributed by atoms with Gasteiger partial charge in [-0.1, -0.05) is 29.0 Å². The zero-order valence-electron chi connectivity index (χ0n) is 17.8. The number of anilines is 1. The van der Waals surface area contributed by atoms with Crippen molar-refractivity contribution >= 4 is 54.0 Å². The van der Waals surface area contributed by atoms with Gasteiger partial charge in [0, 0.05) is 18.1 Å². The van der Waals surface area contributed by atoms with Crippen LogP contribution in [0.1, 0.15) is 31.2 Å². The summed E-state index contributed by atoms with van der Waals surface area (Å²) in [5.41, 5.74) is 1.99. The number of aromatic nitrogens is 1. The lowest BCUT2D eigenvalue weighted by Crippen LogP contribution is -2.37. The Hall–Kier alpha value is -2.00. The largest absolute Gasteiger partial charge is 0.376 e. The van der Waals surface area contributed by atoms with Crippen LogP contribution in [0.15, 0.2) is 47.4 Å². The zero-order chi connectivity index (χ0) is 22.7. The van der Waals surface area contributed by atoms with Gasteiger partial charge in [-0.2, -0.15) is 0 Å². The van der Waals surface area contributed by atoms with E-state index in [0.717, 1.165) is 28.6 Å². The fourth-order valence-corrected chi connectivity index (χ4v) is 6.25. The highest BCUT2D eigenvalue weighted by atomic mass is 35.5. The Bertz CT molecular complexity index is 1200. The predicted octanol–water partition coefficient (Wildman–Crippen LogP) is 5.02. The van der Waals surface area contributed by atoms with E-state index in [1.165, 1.54) is 23.5 Å². The van der Waals surface area contributed by atoms with Gasteiger partial charge in [-0.25, -0.2) is 13.4 Å². The summed E-state index contributed by atoms with van der Waals surface area (Å²) in [7, 11) is -3.48. The average molecular weight is 493 g/mol. The van der Waals surface area contributed by atoms with E-state index in [9.17, 15) is 13.2 Å². The Balaban J connectivity index is 1.47. The van der Waals surface area contributed by atoms with Crippen molar-refractivity contribution < 1.29 is 17.9 Å². The highest BCUT2D eigenvalue weighted by Crippen LogP contribution is 2.31. The molecule has 2 aromatic carbocycles. The number of ether oxygens (including phenoxy) is 1. The molecule has 32 heavy (non-hydrogen) atoms. The van der Waals surface area contributed by atoms with E-state index in [0.29, 0.717) is 23.3 Å². The minimum Gasteiger partial charge on any atom is -0.376 e. The normalized spacial score (nSPS) is 16.5. The molecule has 1 amide bonds. The van der Waals surface area contributed by atoms with Crippen molar-refractivity contribution in [3.8, 4) is 0 Å². The van der Waals surface area contributed by atoms with Crippen LogP contribution in [-0.2, 0) is 19.4 Å². The molecule has 9 heteroatoms. The molecule has 6 nitrogen and oxygen atoms in total. The van der Waals surface area contributed by atoms with Crippen LogP contribution in [0.4, 0.5) is 5.13 Å². The van der Waals surface area contributed by atoms with Gasteiger partial charge in [0.05, 0.1) is 33.5 Å². The van der Waals surface area contributed by atoms with E-state index in [1.54, 1.807) is 17.0 Å². The molecule has 2 heterocycles. The molecule has 1 fully saturated rings. The van der Waals surface area contributed by atoms with Gasteiger partial charge >= 0.3 is 0 Å². The molecular formula is C23H25ClN2O4S2. The number of nitrogens with zero attached hydrogens (tertiary/aromatic N) is 2. The number of halogens is 1. The Morgan fingerprint density at radius 1 is 1.25 bits per heavy atom. The number of thiazole rings is 1. The second-order valence-electron chi connectivity index (χ2n) is 7.98. The predicted molar refractivity (Wildman–Crippen MR) is 128 cm³/mol. The molecule has 1 aliphatic rings. The Morgan fingerprint density at radius 2 is 2.03 bits per heavy atom. The highest BCUT2D eigenvalue weighted by molar-refractivity contribution is 7.91. The Labute approximate surface area is 197 Å². The van der Waals surface area contributed by atoms with Gasteiger partial charge in [0.25, 0.3) is 0 Å². The molecule has 0 bridgehead atoms. The molecule has 0 radical (unpaired) electrons. The number of fused-ring (bicyclic) bond motifs is 1. The standard InChI is InChI=1S/C23H25ClN2O4S2/c1-16-6-11-20-21(14-16)31-23(25-20)26(15-18-4-2-12-30-18)22(27)5-3-13-32(28,29)19-9-7-17(24)8-10-19/h6-11,14,18H,2-5,12-13,15H2,1H3. The third-order valence-electron chi connectivity index (χ3n) is 5.45. The van der Waals surface area contributed by atoms with E-state index in [2.05, 4.69) is 11.1 Å². The zero-order valence-corrected chi connectivity index (χ0v) is 20.2. The first-order valence-corrected chi connectivity index (χ1v) is 13.4. The number of amides is 1. The van der Waals surface area contributed by atoms with E-state index >= 15 is 0 Å². The van der Waals surface area contributed by atoms with Gasteiger partial charge in [-0.3, -0.25) is 9.69 Å². The average Bonchev–Trinajstić information content (AvgIpc) is 3.41. The number of benzene rings is 2. The quantitative estimate of drug-likeness (QED) is 0.441. The van der Waals surface area contributed by atoms with Crippen LogP contribution in [0.5, 0.6) is 0 Å². The van der Waals surface area contributed by atoms with Crippen LogP contribution >= 0.6 is 22.9 Å². The maximum Gasteiger partial charge on any atom is 0.228 e. The molecular weight excluding hydrogens is 468 g/mol. The molecule has 1 atom stereocenters. The maximum absolute atomic E-state index is 13.2. The number of hydrogen-bond acceptors (Lipinski definition) is 6. The molecule has 4 rings (SSSR count). The number of sulfone groups is 1. The Kier molecular flexibility index (Phi) is 7.14. The van der Waals surface area contributed by atoms with Crippen LogP contribution in [0.25, 0.3) is 10.2 Å². The minimum absolute atomic E-state index is 0.0227. The lowest BCUT2D eigenvalue weighted by atomic mass is 10.2.